The lowest BCUT2D eigenvalue weighted by Crippen LogP contribution is -2.07. The van der Waals surface area contributed by atoms with Gasteiger partial charge in [0.1, 0.15) is 0 Å². The van der Waals surface area contributed by atoms with E-state index in [9.17, 15) is 13.6 Å². The maximum absolute atomic E-state index is 13.0. The van der Waals surface area contributed by atoms with E-state index in [4.69, 9.17) is 5.11 Å². The first-order chi connectivity index (χ1) is 7.39. The predicted octanol–water partition coefficient (Wildman–Crippen LogP) is 3.21. The number of aryl methyl sites for hydroxylation is 1. The van der Waals surface area contributed by atoms with Crippen molar-refractivity contribution in [2.45, 2.75) is 32.1 Å². The summed E-state index contributed by atoms with van der Waals surface area (Å²) >= 11 is 0. The molecule has 4 heteroatoms. The van der Waals surface area contributed by atoms with E-state index in [1.165, 1.54) is 12.1 Å². The molecule has 0 saturated carbocycles. The minimum atomic E-state index is -2.84. The van der Waals surface area contributed by atoms with E-state index in [1.54, 1.807) is 12.1 Å². The molecule has 88 valence electrons. The second kappa shape index (κ2) is 5.05. The number of carboxylic acids is 1. The van der Waals surface area contributed by atoms with Crippen LogP contribution in [-0.4, -0.2) is 11.1 Å². The van der Waals surface area contributed by atoms with E-state index >= 15 is 0 Å². The maximum atomic E-state index is 13.0. The fraction of sp³-hybridized carbons (Fsp3) is 0.417. The summed E-state index contributed by atoms with van der Waals surface area (Å²) in [5, 5.41) is 8.46. The number of hydrogen-bond donors (Lipinski definition) is 1. The van der Waals surface area contributed by atoms with Crippen LogP contribution in [0.3, 0.4) is 0 Å². The smallest absolute Gasteiger partial charge is 0.303 e. The fourth-order valence-electron chi connectivity index (χ4n) is 1.44. The summed E-state index contributed by atoms with van der Waals surface area (Å²) in [6, 6.07) is 6.11. The lowest BCUT2D eigenvalue weighted by atomic mass is 10.0. The number of alkyl halides is 2. The van der Waals surface area contributed by atoms with Crippen LogP contribution < -0.4 is 0 Å². The predicted molar refractivity (Wildman–Crippen MR) is 56.6 cm³/mol. The third-order valence-electron chi connectivity index (χ3n) is 2.29. The molecule has 0 aromatic heterocycles. The number of hydrogen-bond acceptors (Lipinski definition) is 1. The number of carbonyl (C=O) groups is 1. The van der Waals surface area contributed by atoms with Crippen LogP contribution in [0.15, 0.2) is 24.3 Å². The van der Waals surface area contributed by atoms with E-state index in [-0.39, 0.29) is 12.0 Å². The maximum Gasteiger partial charge on any atom is 0.303 e. The molecule has 16 heavy (non-hydrogen) atoms. The van der Waals surface area contributed by atoms with Gasteiger partial charge in [-0.25, -0.2) is 8.78 Å². The van der Waals surface area contributed by atoms with Gasteiger partial charge in [-0.15, -0.1) is 0 Å². The second-order valence-corrected chi connectivity index (χ2v) is 3.84. The Labute approximate surface area is 92.9 Å². The molecule has 0 unspecified atom stereocenters. The molecular formula is C12H14F2O2. The number of halogens is 2. The Morgan fingerprint density at radius 1 is 1.44 bits per heavy atom. The minimum Gasteiger partial charge on any atom is -0.481 e. The monoisotopic (exact) mass is 228 g/mol. The first kappa shape index (κ1) is 12.6. The molecule has 0 atom stereocenters. The van der Waals surface area contributed by atoms with Crippen molar-refractivity contribution in [2.75, 3.05) is 0 Å². The topological polar surface area (TPSA) is 37.3 Å². The second-order valence-electron chi connectivity index (χ2n) is 3.84. The fourth-order valence-corrected chi connectivity index (χ4v) is 1.44. The molecule has 0 heterocycles. The van der Waals surface area contributed by atoms with Gasteiger partial charge in [-0.05, 0) is 24.5 Å². The molecule has 1 aromatic carbocycles. The number of rotatable bonds is 5. The number of benzene rings is 1. The molecule has 0 amide bonds. The highest BCUT2D eigenvalue weighted by Crippen LogP contribution is 2.27. The van der Waals surface area contributed by atoms with Gasteiger partial charge in [0.2, 0.25) is 0 Å². The van der Waals surface area contributed by atoms with Gasteiger partial charge in [-0.1, -0.05) is 18.2 Å². The highest BCUT2D eigenvalue weighted by Gasteiger charge is 2.23. The van der Waals surface area contributed by atoms with Crippen molar-refractivity contribution >= 4 is 5.97 Å². The van der Waals surface area contributed by atoms with Crippen LogP contribution in [0.4, 0.5) is 8.78 Å². The zero-order valence-corrected chi connectivity index (χ0v) is 9.04. The first-order valence-corrected chi connectivity index (χ1v) is 5.08. The zero-order chi connectivity index (χ0) is 12.2. The van der Waals surface area contributed by atoms with Crippen molar-refractivity contribution in [3.05, 3.63) is 35.4 Å². The number of carboxylic acid groups (broad SMARTS) is 1. The third kappa shape index (κ3) is 3.96. The standard InChI is InChI=1S/C12H14F2O2/c1-12(13,14)10-6-2-4-9(8-10)5-3-7-11(15)16/h2,4,6,8H,3,5,7H2,1H3,(H,15,16). The van der Waals surface area contributed by atoms with Gasteiger partial charge in [0, 0.05) is 18.9 Å². The van der Waals surface area contributed by atoms with Crippen LogP contribution in [0.1, 0.15) is 30.9 Å². The molecule has 1 rings (SSSR count). The van der Waals surface area contributed by atoms with Crippen molar-refractivity contribution in [3.8, 4) is 0 Å². The molecule has 1 aromatic rings. The average molecular weight is 228 g/mol. The van der Waals surface area contributed by atoms with Crippen LogP contribution in [0.2, 0.25) is 0 Å². The summed E-state index contributed by atoms with van der Waals surface area (Å²) in [5.41, 5.74) is 0.723. The van der Waals surface area contributed by atoms with Crippen LogP contribution in [0, 0.1) is 0 Å². The largest absolute Gasteiger partial charge is 0.481 e. The Morgan fingerprint density at radius 2 is 2.12 bits per heavy atom. The molecule has 0 aliphatic carbocycles. The van der Waals surface area contributed by atoms with Gasteiger partial charge < -0.3 is 5.11 Å². The quantitative estimate of drug-likeness (QED) is 0.840. The lowest BCUT2D eigenvalue weighted by Gasteiger charge is -2.11. The molecule has 0 fully saturated rings. The van der Waals surface area contributed by atoms with Crippen LogP contribution >= 0.6 is 0 Å². The Balaban J connectivity index is 2.64. The van der Waals surface area contributed by atoms with Crippen LogP contribution in [-0.2, 0) is 17.1 Å². The van der Waals surface area contributed by atoms with Crippen molar-refractivity contribution in [3.63, 3.8) is 0 Å². The van der Waals surface area contributed by atoms with Gasteiger partial charge in [0.15, 0.2) is 0 Å². The van der Waals surface area contributed by atoms with E-state index < -0.39 is 11.9 Å². The Kier molecular flexibility index (Phi) is 3.99. The molecule has 2 nitrogen and oxygen atoms in total. The summed E-state index contributed by atoms with van der Waals surface area (Å²) < 4.78 is 26.0. The summed E-state index contributed by atoms with van der Waals surface area (Å²) in [4.78, 5) is 10.3. The normalized spacial score (nSPS) is 11.4. The van der Waals surface area contributed by atoms with Crippen molar-refractivity contribution in [1.29, 1.82) is 0 Å². The molecule has 0 aliphatic heterocycles. The van der Waals surface area contributed by atoms with Gasteiger partial charge in [0.25, 0.3) is 5.92 Å². The summed E-state index contributed by atoms with van der Waals surface area (Å²) in [5.74, 6) is -3.71. The van der Waals surface area contributed by atoms with E-state index in [0.29, 0.717) is 12.8 Å². The first-order valence-electron chi connectivity index (χ1n) is 5.08. The highest BCUT2D eigenvalue weighted by atomic mass is 19.3. The van der Waals surface area contributed by atoms with Crippen molar-refractivity contribution in [1.82, 2.24) is 0 Å². The SMILES string of the molecule is CC(F)(F)c1cccc(CCCC(=O)O)c1. The molecule has 0 bridgehead atoms. The van der Waals surface area contributed by atoms with Gasteiger partial charge in [0.05, 0.1) is 0 Å². The lowest BCUT2D eigenvalue weighted by molar-refractivity contribution is -0.137. The molecule has 0 aliphatic rings. The Hall–Kier alpha value is -1.45. The van der Waals surface area contributed by atoms with Crippen LogP contribution in [0.25, 0.3) is 0 Å². The molecule has 0 radical (unpaired) electrons. The molecule has 0 saturated heterocycles. The average Bonchev–Trinajstić information content (AvgIpc) is 2.16. The van der Waals surface area contributed by atoms with Crippen LogP contribution in [0.5, 0.6) is 0 Å². The molecule has 0 spiro atoms. The van der Waals surface area contributed by atoms with E-state index in [1.807, 2.05) is 0 Å². The van der Waals surface area contributed by atoms with Gasteiger partial charge in [-0.2, -0.15) is 0 Å². The van der Waals surface area contributed by atoms with Crippen molar-refractivity contribution < 1.29 is 18.7 Å². The summed E-state index contributed by atoms with van der Waals surface area (Å²) in [6.45, 7) is 0.851. The molecule has 1 N–H and O–H groups in total. The zero-order valence-electron chi connectivity index (χ0n) is 9.04. The Morgan fingerprint density at radius 3 is 2.69 bits per heavy atom. The highest BCUT2D eigenvalue weighted by molar-refractivity contribution is 5.66. The van der Waals surface area contributed by atoms with E-state index in [0.717, 1.165) is 12.5 Å². The summed E-state index contributed by atoms with van der Waals surface area (Å²) in [6.07, 6.45) is 1.04. The van der Waals surface area contributed by atoms with Gasteiger partial charge in [-0.3, -0.25) is 4.79 Å². The van der Waals surface area contributed by atoms with Gasteiger partial charge >= 0.3 is 5.97 Å². The van der Waals surface area contributed by atoms with Crippen molar-refractivity contribution in [2.24, 2.45) is 0 Å². The minimum absolute atomic E-state index is 0.0275. The Bertz CT molecular complexity index is 370. The van der Waals surface area contributed by atoms with E-state index in [2.05, 4.69) is 0 Å². The number of aliphatic carboxylic acids is 1. The summed E-state index contributed by atoms with van der Waals surface area (Å²) in [7, 11) is 0. The molecular weight excluding hydrogens is 214 g/mol. The third-order valence-corrected chi connectivity index (χ3v) is 2.29.